The first-order valence-electron chi connectivity index (χ1n) is 6.68. The van der Waals surface area contributed by atoms with Crippen LogP contribution in [-0.4, -0.2) is 24.6 Å². The van der Waals surface area contributed by atoms with Gasteiger partial charge < -0.3 is 15.6 Å². The third kappa shape index (κ3) is 4.47. The van der Waals surface area contributed by atoms with Crippen LogP contribution in [0.1, 0.15) is 28.7 Å². The smallest absolute Gasteiger partial charge is 0.271 e. The molecule has 0 aliphatic heterocycles. The molecule has 23 heavy (non-hydrogen) atoms. The van der Waals surface area contributed by atoms with E-state index in [-0.39, 0.29) is 22.4 Å². The van der Waals surface area contributed by atoms with Crippen LogP contribution in [0, 0.1) is 0 Å². The molecule has 1 unspecified atom stereocenters. The third-order valence-corrected chi connectivity index (χ3v) is 3.83. The fourth-order valence-electron chi connectivity index (χ4n) is 1.95. The molecule has 1 aromatic carbocycles. The molecule has 1 atom stereocenters. The molecule has 122 valence electrons. The van der Waals surface area contributed by atoms with Gasteiger partial charge in [-0.3, -0.25) is 9.00 Å². The summed E-state index contributed by atoms with van der Waals surface area (Å²) < 4.78 is 21.6. The van der Waals surface area contributed by atoms with Crippen LogP contribution in [0.4, 0.5) is 11.5 Å². The van der Waals surface area contributed by atoms with Crippen molar-refractivity contribution >= 4 is 40.1 Å². The Morgan fingerprint density at radius 1 is 1.43 bits per heavy atom. The fraction of sp³-hybridized carbons (Fsp3) is 0.214. The van der Waals surface area contributed by atoms with Crippen molar-refractivity contribution in [2.75, 3.05) is 5.32 Å². The number of nitrogens with one attached hydrogen (secondary N) is 1. The molecule has 0 saturated carbocycles. The van der Waals surface area contributed by atoms with E-state index in [0.717, 1.165) is 0 Å². The number of benzene rings is 1. The second-order valence-corrected chi connectivity index (χ2v) is 5.90. The first-order chi connectivity index (χ1) is 10.9. The standard InChI is InChI=1S/C14H15ClN4O3S/c1-2-10-12(15)19-14(11(18-10)13(16)20)17-9-5-3-4-8(6-9)7-23(21)22/h3-6H,2,7H2,1H3,(H2,16,20)(H,17,19)(H,21,22)/p-1. The van der Waals surface area contributed by atoms with Gasteiger partial charge in [-0.1, -0.05) is 41.7 Å². The molecule has 7 nitrogen and oxygen atoms in total. The summed E-state index contributed by atoms with van der Waals surface area (Å²) in [6.45, 7) is 1.83. The Morgan fingerprint density at radius 3 is 2.78 bits per heavy atom. The minimum absolute atomic E-state index is 0.0240. The number of halogens is 1. The molecular weight excluding hydrogens is 340 g/mol. The van der Waals surface area contributed by atoms with E-state index in [2.05, 4.69) is 15.3 Å². The van der Waals surface area contributed by atoms with Gasteiger partial charge in [-0.2, -0.15) is 0 Å². The molecular formula is C14H14ClN4O3S-. The van der Waals surface area contributed by atoms with Crippen molar-refractivity contribution < 1.29 is 13.6 Å². The lowest BCUT2D eigenvalue weighted by atomic mass is 10.2. The normalized spacial score (nSPS) is 12.0. The molecule has 0 saturated heterocycles. The molecule has 1 amide bonds. The zero-order chi connectivity index (χ0) is 17.0. The van der Waals surface area contributed by atoms with Crippen LogP contribution < -0.4 is 11.1 Å². The highest BCUT2D eigenvalue weighted by molar-refractivity contribution is 7.78. The van der Waals surface area contributed by atoms with E-state index in [1.165, 1.54) is 0 Å². The zero-order valence-corrected chi connectivity index (χ0v) is 13.8. The first-order valence-corrected chi connectivity index (χ1v) is 8.31. The van der Waals surface area contributed by atoms with Gasteiger partial charge in [0.2, 0.25) is 0 Å². The molecule has 0 aliphatic carbocycles. The number of nitrogens with two attached hydrogens (primary N) is 1. The summed E-state index contributed by atoms with van der Waals surface area (Å²) in [5.74, 6) is -0.720. The van der Waals surface area contributed by atoms with Crippen LogP contribution in [0.2, 0.25) is 5.15 Å². The van der Waals surface area contributed by atoms with Crippen molar-refractivity contribution in [2.24, 2.45) is 5.73 Å². The average Bonchev–Trinajstić information content (AvgIpc) is 2.46. The monoisotopic (exact) mass is 353 g/mol. The van der Waals surface area contributed by atoms with Crippen LogP contribution >= 0.6 is 11.6 Å². The maximum absolute atomic E-state index is 11.6. The maximum Gasteiger partial charge on any atom is 0.271 e. The zero-order valence-electron chi connectivity index (χ0n) is 12.2. The van der Waals surface area contributed by atoms with Crippen LogP contribution in [-0.2, 0) is 23.3 Å². The first kappa shape index (κ1) is 17.3. The number of amides is 1. The Balaban J connectivity index is 2.37. The van der Waals surface area contributed by atoms with Crippen molar-refractivity contribution in [1.29, 1.82) is 0 Å². The SMILES string of the molecule is CCc1nc(C(N)=O)c(Nc2cccc(CS(=O)[O-])c2)nc1Cl. The summed E-state index contributed by atoms with van der Waals surface area (Å²) in [6, 6.07) is 6.69. The Bertz CT molecular complexity index is 770. The summed E-state index contributed by atoms with van der Waals surface area (Å²) in [5.41, 5.74) is 6.92. The van der Waals surface area contributed by atoms with Crippen LogP contribution in [0.3, 0.4) is 0 Å². The lowest BCUT2D eigenvalue weighted by molar-refractivity contribution is 0.0996. The minimum Gasteiger partial charge on any atom is -0.772 e. The third-order valence-electron chi connectivity index (χ3n) is 2.96. The molecule has 0 bridgehead atoms. The van der Waals surface area contributed by atoms with Gasteiger partial charge in [0, 0.05) is 11.4 Å². The Labute approximate surface area is 140 Å². The van der Waals surface area contributed by atoms with Crippen LogP contribution in [0.15, 0.2) is 24.3 Å². The highest BCUT2D eigenvalue weighted by Crippen LogP contribution is 2.23. The molecule has 1 heterocycles. The van der Waals surface area contributed by atoms with E-state index in [1.54, 1.807) is 24.3 Å². The number of hydrogen-bond donors (Lipinski definition) is 2. The maximum atomic E-state index is 11.6. The molecule has 0 aliphatic rings. The number of nitrogens with zero attached hydrogens (tertiary/aromatic N) is 2. The number of carbonyl (C=O) groups excluding carboxylic acids is 1. The quantitative estimate of drug-likeness (QED) is 0.765. The molecule has 3 N–H and O–H groups in total. The largest absolute Gasteiger partial charge is 0.772 e. The van der Waals surface area contributed by atoms with Crippen molar-refractivity contribution in [1.82, 2.24) is 9.97 Å². The van der Waals surface area contributed by atoms with Crippen molar-refractivity contribution in [3.63, 3.8) is 0 Å². The number of primary amides is 1. The van der Waals surface area contributed by atoms with Gasteiger partial charge in [0.05, 0.1) is 5.69 Å². The summed E-state index contributed by atoms with van der Waals surface area (Å²) >= 11 is 3.83. The van der Waals surface area contributed by atoms with Gasteiger partial charge in [0.25, 0.3) is 5.91 Å². The second kappa shape index (κ2) is 7.49. The number of hydrogen-bond acceptors (Lipinski definition) is 6. The molecule has 0 fully saturated rings. The fourth-order valence-corrected chi connectivity index (χ4v) is 2.66. The van der Waals surface area contributed by atoms with Gasteiger partial charge >= 0.3 is 0 Å². The molecule has 0 spiro atoms. The number of aryl methyl sites for hydroxylation is 1. The van der Waals surface area contributed by atoms with Gasteiger partial charge in [0.15, 0.2) is 16.7 Å². The summed E-state index contributed by atoms with van der Waals surface area (Å²) in [7, 11) is 0. The highest BCUT2D eigenvalue weighted by Gasteiger charge is 2.16. The summed E-state index contributed by atoms with van der Waals surface area (Å²) in [6.07, 6.45) is 0.511. The second-order valence-electron chi connectivity index (χ2n) is 4.65. The Hall–Kier alpha value is -2.03. The number of rotatable bonds is 6. The van der Waals surface area contributed by atoms with Crippen LogP contribution in [0.25, 0.3) is 0 Å². The predicted molar refractivity (Wildman–Crippen MR) is 87.3 cm³/mol. The predicted octanol–water partition coefficient (Wildman–Crippen LogP) is 1.91. The van der Waals surface area contributed by atoms with Gasteiger partial charge in [-0.25, -0.2) is 9.97 Å². The Kier molecular flexibility index (Phi) is 5.64. The van der Waals surface area contributed by atoms with Gasteiger partial charge in [-0.15, -0.1) is 0 Å². The van der Waals surface area contributed by atoms with E-state index in [4.69, 9.17) is 17.3 Å². The van der Waals surface area contributed by atoms with Gasteiger partial charge in [-0.05, 0) is 24.1 Å². The molecule has 2 aromatic rings. The molecule has 1 aromatic heterocycles. The van der Waals surface area contributed by atoms with E-state index in [9.17, 15) is 13.6 Å². The molecule has 0 radical (unpaired) electrons. The highest BCUT2D eigenvalue weighted by atomic mass is 35.5. The number of anilines is 2. The van der Waals surface area contributed by atoms with E-state index < -0.39 is 17.0 Å². The van der Waals surface area contributed by atoms with Crippen molar-refractivity contribution in [2.45, 2.75) is 19.1 Å². The van der Waals surface area contributed by atoms with Crippen molar-refractivity contribution in [3.05, 3.63) is 46.4 Å². The van der Waals surface area contributed by atoms with Crippen LogP contribution in [0.5, 0.6) is 0 Å². The van der Waals surface area contributed by atoms with E-state index in [1.807, 2.05) is 6.92 Å². The number of carbonyl (C=O) groups is 1. The summed E-state index contributed by atoms with van der Waals surface area (Å²) in [5, 5.41) is 3.08. The van der Waals surface area contributed by atoms with E-state index >= 15 is 0 Å². The average molecular weight is 354 g/mol. The lowest BCUT2D eigenvalue weighted by Gasteiger charge is -2.12. The summed E-state index contributed by atoms with van der Waals surface area (Å²) in [4.78, 5) is 19.8. The minimum atomic E-state index is -2.19. The molecule has 9 heteroatoms. The lowest BCUT2D eigenvalue weighted by Crippen LogP contribution is -2.18. The number of aromatic nitrogens is 2. The topological polar surface area (TPSA) is 121 Å². The Morgan fingerprint density at radius 2 is 2.17 bits per heavy atom. The molecule has 2 rings (SSSR count). The van der Waals surface area contributed by atoms with Crippen molar-refractivity contribution in [3.8, 4) is 0 Å². The van der Waals surface area contributed by atoms with Gasteiger partial charge in [0.1, 0.15) is 0 Å². The van der Waals surface area contributed by atoms with E-state index in [0.29, 0.717) is 23.4 Å².